The van der Waals surface area contributed by atoms with E-state index in [9.17, 15) is 4.79 Å². The fourth-order valence-electron chi connectivity index (χ4n) is 4.73. The topological polar surface area (TPSA) is 94.0 Å². The van der Waals surface area contributed by atoms with E-state index in [1.807, 2.05) is 0 Å². The van der Waals surface area contributed by atoms with Crippen molar-refractivity contribution in [1.29, 1.82) is 0 Å². The fraction of sp³-hybridized carbons (Fsp3) is 0.769. The number of carbonyl (C=O) groups excluding carboxylic acids is 1. The van der Waals surface area contributed by atoms with E-state index in [2.05, 4.69) is 20.3 Å². The predicted molar refractivity (Wildman–Crippen MR) is 67.0 cm³/mol. The van der Waals surface area contributed by atoms with Crippen LogP contribution in [0.15, 0.2) is 4.63 Å². The summed E-state index contributed by atoms with van der Waals surface area (Å²) in [7, 11) is 0. The van der Waals surface area contributed by atoms with E-state index in [0.29, 0.717) is 11.8 Å². The number of hydrogen-bond acceptors (Lipinski definition) is 5. The molecule has 1 aromatic rings. The van der Waals surface area contributed by atoms with Crippen LogP contribution < -0.4 is 11.1 Å². The number of nitrogens with one attached hydrogen (secondary N) is 1. The molecular formula is C13H18N4O2. The van der Waals surface area contributed by atoms with Crippen LogP contribution in [0, 0.1) is 23.7 Å². The van der Waals surface area contributed by atoms with Gasteiger partial charge in [-0.25, -0.2) is 4.63 Å². The number of amides is 1. The van der Waals surface area contributed by atoms with Crippen molar-refractivity contribution < 1.29 is 9.42 Å². The zero-order chi connectivity index (χ0) is 13.0. The quantitative estimate of drug-likeness (QED) is 0.835. The van der Waals surface area contributed by atoms with Crippen LogP contribution in [0.5, 0.6) is 0 Å². The largest absolute Gasteiger partial charge is 0.379 e. The SMILES string of the molecule is Nc1nonc1C(=O)NC1C2CC3CC(C2)CC1C3. The van der Waals surface area contributed by atoms with Crippen LogP contribution in [0.4, 0.5) is 5.82 Å². The molecule has 0 aliphatic heterocycles. The van der Waals surface area contributed by atoms with Gasteiger partial charge in [-0.05, 0) is 66.1 Å². The van der Waals surface area contributed by atoms with Gasteiger partial charge in [-0.1, -0.05) is 0 Å². The molecule has 5 rings (SSSR count). The van der Waals surface area contributed by atoms with Gasteiger partial charge in [0.25, 0.3) is 5.91 Å². The van der Waals surface area contributed by atoms with Crippen molar-refractivity contribution >= 4 is 11.7 Å². The number of aromatic nitrogens is 2. The third kappa shape index (κ3) is 1.73. The van der Waals surface area contributed by atoms with Crippen LogP contribution >= 0.6 is 0 Å². The van der Waals surface area contributed by atoms with Crippen LogP contribution in [0.1, 0.15) is 42.6 Å². The van der Waals surface area contributed by atoms with Crippen molar-refractivity contribution in [3.63, 3.8) is 0 Å². The Bertz CT molecular complexity index is 484. The average Bonchev–Trinajstić information content (AvgIpc) is 2.79. The van der Waals surface area contributed by atoms with Gasteiger partial charge in [-0.2, -0.15) is 0 Å². The first-order valence-corrected chi connectivity index (χ1v) is 7.09. The standard InChI is InChI=1S/C13H18N4O2/c14-12-11(16-19-17-12)13(18)15-10-8-2-6-1-7(4-8)5-9(10)3-6/h6-10H,1-5H2,(H2,14,17)(H,15,18). The molecule has 4 fully saturated rings. The molecule has 4 aliphatic carbocycles. The number of anilines is 1. The second-order valence-electron chi connectivity index (χ2n) is 6.43. The van der Waals surface area contributed by atoms with Crippen molar-refractivity contribution in [2.45, 2.75) is 38.1 Å². The molecule has 1 amide bonds. The highest BCUT2D eigenvalue weighted by Crippen LogP contribution is 2.53. The minimum Gasteiger partial charge on any atom is -0.379 e. The molecule has 0 radical (unpaired) electrons. The molecule has 3 N–H and O–H groups in total. The average molecular weight is 262 g/mol. The highest BCUT2D eigenvalue weighted by atomic mass is 16.6. The first-order valence-electron chi connectivity index (χ1n) is 7.09. The van der Waals surface area contributed by atoms with E-state index >= 15 is 0 Å². The number of rotatable bonds is 2. The summed E-state index contributed by atoms with van der Waals surface area (Å²) in [4.78, 5) is 12.2. The Morgan fingerprint density at radius 2 is 1.74 bits per heavy atom. The van der Waals surface area contributed by atoms with Gasteiger partial charge in [0.1, 0.15) is 0 Å². The normalized spacial score (nSPS) is 39.5. The van der Waals surface area contributed by atoms with E-state index < -0.39 is 0 Å². The Morgan fingerprint density at radius 1 is 1.11 bits per heavy atom. The molecule has 6 nitrogen and oxygen atoms in total. The maximum Gasteiger partial charge on any atom is 0.277 e. The van der Waals surface area contributed by atoms with Crippen LogP contribution in [0.25, 0.3) is 0 Å². The molecular weight excluding hydrogens is 244 g/mol. The van der Waals surface area contributed by atoms with Crippen molar-refractivity contribution in [2.24, 2.45) is 23.7 Å². The number of hydrogen-bond donors (Lipinski definition) is 2. The Kier molecular flexibility index (Phi) is 2.34. The van der Waals surface area contributed by atoms with Crippen molar-refractivity contribution in [3.05, 3.63) is 5.69 Å². The Labute approximate surface area is 111 Å². The summed E-state index contributed by atoms with van der Waals surface area (Å²) in [5.74, 6) is 2.91. The fourth-order valence-corrected chi connectivity index (χ4v) is 4.73. The minimum atomic E-state index is -0.240. The molecule has 19 heavy (non-hydrogen) atoms. The highest BCUT2D eigenvalue weighted by molar-refractivity contribution is 5.96. The van der Waals surface area contributed by atoms with Crippen LogP contribution in [-0.4, -0.2) is 22.3 Å². The third-order valence-corrected chi connectivity index (χ3v) is 5.25. The monoisotopic (exact) mass is 262 g/mol. The molecule has 4 bridgehead atoms. The molecule has 1 aromatic heterocycles. The summed E-state index contributed by atoms with van der Waals surface area (Å²) in [5, 5.41) is 10.2. The van der Waals surface area contributed by atoms with Crippen molar-refractivity contribution in [3.8, 4) is 0 Å². The summed E-state index contributed by atoms with van der Waals surface area (Å²) in [5.41, 5.74) is 5.68. The van der Waals surface area contributed by atoms with Gasteiger partial charge in [-0.3, -0.25) is 4.79 Å². The summed E-state index contributed by atoms with van der Waals surface area (Å²) < 4.78 is 4.49. The molecule has 6 heteroatoms. The maximum atomic E-state index is 12.2. The van der Waals surface area contributed by atoms with E-state index in [-0.39, 0.29) is 23.5 Å². The second kappa shape index (κ2) is 3.95. The first kappa shape index (κ1) is 11.3. The van der Waals surface area contributed by atoms with Gasteiger partial charge in [0, 0.05) is 6.04 Å². The van der Waals surface area contributed by atoms with E-state index in [4.69, 9.17) is 5.73 Å². The lowest BCUT2D eigenvalue weighted by molar-refractivity contribution is -0.0120. The van der Waals surface area contributed by atoms with Crippen LogP contribution in [-0.2, 0) is 0 Å². The zero-order valence-electron chi connectivity index (χ0n) is 10.7. The van der Waals surface area contributed by atoms with E-state index in [1.165, 1.54) is 32.1 Å². The first-order chi connectivity index (χ1) is 9.20. The predicted octanol–water partition coefficient (Wildman–Crippen LogP) is 1.21. The maximum absolute atomic E-state index is 12.2. The highest BCUT2D eigenvalue weighted by Gasteiger charge is 2.48. The van der Waals surface area contributed by atoms with Gasteiger partial charge in [0.05, 0.1) is 0 Å². The molecule has 4 aliphatic rings. The number of nitrogens with two attached hydrogens (primary N) is 1. The Balaban J connectivity index is 1.51. The van der Waals surface area contributed by atoms with Gasteiger partial charge >= 0.3 is 0 Å². The number of nitrogens with zero attached hydrogens (tertiary/aromatic N) is 2. The summed E-state index contributed by atoms with van der Waals surface area (Å²) in [6, 6.07) is 0.288. The summed E-state index contributed by atoms with van der Waals surface area (Å²) >= 11 is 0. The van der Waals surface area contributed by atoms with E-state index in [1.54, 1.807) is 0 Å². The summed E-state index contributed by atoms with van der Waals surface area (Å²) in [6.07, 6.45) is 6.48. The smallest absolute Gasteiger partial charge is 0.277 e. The second-order valence-corrected chi connectivity index (χ2v) is 6.43. The van der Waals surface area contributed by atoms with E-state index in [0.717, 1.165) is 11.8 Å². The Hall–Kier alpha value is -1.59. The molecule has 102 valence electrons. The zero-order valence-corrected chi connectivity index (χ0v) is 10.7. The molecule has 1 heterocycles. The Morgan fingerprint density at radius 3 is 2.26 bits per heavy atom. The van der Waals surface area contributed by atoms with Gasteiger partial charge in [0.2, 0.25) is 11.5 Å². The summed E-state index contributed by atoms with van der Waals surface area (Å²) in [6.45, 7) is 0. The van der Waals surface area contributed by atoms with Crippen molar-refractivity contribution in [1.82, 2.24) is 15.6 Å². The molecule has 0 unspecified atom stereocenters. The minimum absolute atomic E-state index is 0.0707. The van der Waals surface area contributed by atoms with Crippen LogP contribution in [0.3, 0.4) is 0 Å². The van der Waals surface area contributed by atoms with Gasteiger partial charge < -0.3 is 11.1 Å². The van der Waals surface area contributed by atoms with Gasteiger partial charge in [0.15, 0.2) is 0 Å². The molecule has 0 atom stereocenters. The third-order valence-electron chi connectivity index (χ3n) is 5.25. The molecule has 0 saturated heterocycles. The molecule has 0 spiro atoms. The van der Waals surface area contributed by atoms with Crippen molar-refractivity contribution in [2.75, 3.05) is 5.73 Å². The lowest BCUT2D eigenvalue weighted by Gasteiger charge is -2.54. The molecule has 0 aromatic carbocycles. The molecule has 4 saturated carbocycles. The number of nitrogen functional groups attached to an aromatic ring is 1. The lowest BCUT2D eigenvalue weighted by atomic mass is 9.54. The van der Waals surface area contributed by atoms with Crippen LogP contribution in [0.2, 0.25) is 0 Å². The van der Waals surface area contributed by atoms with Gasteiger partial charge in [-0.15, -0.1) is 0 Å². The lowest BCUT2D eigenvalue weighted by Crippen LogP contribution is -2.55. The number of carbonyl (C=O) groups is 1.